The highest BCUT2D eigenvalue weighted by molar-refractivity contribution is 6.30. The van der Waals surface area contributed by atoms with Crippen molar-refractivity contribution >= 4 is 40.1 Å². The molecule has 0 atom stereocenters. The first-order valence-corrected chi connectivity index (χ1v) is 10.9. The molecule has 0 radical (unpaired) electrons. The minimum absolute atomic E-state index is 0.108. The average Bonchev–Trinajstić information content (AvgIpc) is 3.39. The number of carbonyl (C=O) groups excluding carboxylic acids is 1. The Hall–Kier alpha value is -3.51. The first kappa shape index (κ1) is 20.4. The van der Waals surface area contributed by atoms with Crippen LogP contribution in [0.2, 0.25) is 5.02 Å². The van der Waals surface area contributed by atoms with Crippen LogP contribution in [0.4, 0.5) is 0 Å². The van der Waals surface area contributed by atoms with E-state index in [-0.39, 0.29) is 5.91 Å². The standard InChI is InChI=1S/C25H21ClN4O2/c1-15-28-22(32-30-15)12-13-27-25(31)23-19-4-2-3-5-21(19)29-24-17(8-11-20(23)24)14-16-6-9-18(26)10-7-16/h2-7,9-10,14H,8,11-13H2,1H3,(H,27,31)/b17-14-. The number of fused-ring (bicyclic) bond motifs is 2. The molecular weight excluding hydrogens is 424 g/mol. The van der Waals surface area contributed by atoms with Gasteiger partial charge in [0, 0.05) is 23.4 Å². The zero-order valence-electron chi connectivity index (χ0n) is 17.6. The van der Waals surface area contributed by atoms with E-state index in [1.54, 1.807) is 6.92 Å². The van der Waals surface area contributed by atoms with E-state index < -0.39 is 0 Å². The number of amides is 1. The number of hydrogen-bond acceptors (Lipinski definition) is 5. The number of pyridine rings is 1. The fraction of sp³-hybridized carbons (Fsp3) is 0.200. The summed E-state index contributed by atoms with van der Waals surface area (Å²) in [5.41, 5.74) is 5.60. The van der Waals surface area contributed by atoms with Crippen LogP contribution >= 0.6 is 11.6 Å². The minimum atomic E-state index is -0.108. The molecule has 0 spiro atoms. The third kappa shape index (κ3) is 4.01. The van der Waals surface area contributed by atoms with Crippen molar-refractivity contribution in [1.29, 1.82) is 0 Å². The first-order valence-electron chi connectivity index (χ1n) is 10.5. The molecule has 1 N–H and O–H groups in total. The Balaban J connectivity index is 1.48. The number of rotatable bonds is 5. The number of hydrogen-bond donors (Lipinski definition) is 1. The molecule has 2 aromatic heterocycles. The van der Waals surface area contributed by atoms with Gasteiger partial charge in [-0.05, 0) is 60.7 Å². The van der Waals surface area contributed by atoms with Crippen LogP contribution in [0.1, 0.15) is 45.3 Å². The second kappa shape index (κ2) is 8.55. The van der Waals surface area contributed by atoms with E-state index in [2.05, 4.69) is 21.5 Å². The van der Waals surface area contributed by atoms with E-state index in [1.807, 2.05) is 48.5 Å². The molecule has 7 heteroatoms. The van der Waals surface area contributed by atoms with Crippen molar-refractivity contribution in [3.05, 3.63) is 87.7 Å². The highest BCUT2D eigenvalue weighted by Gasteiger charge is 2.26. The second-order valence-corrected chi connectivity index (χ2v) is 8.23. The molecule has 5 rings (SSSR count). The minimum Gasteiger partial charge on any atom is -0.351 e. The first-order chi connectivity index (χ1) is 15.6. The van der Waals surface area contributed by atoms with Crippen molar-refractivity contribution < 1.29 is 9.32 Å². The van der Waals surface area contributed by atoms with Gasteiger partial charge in [0.2, 0.25) is 5.89 Å². The topological polar surface area (TPSA) is 80.9 Å². The van der Waals surface area contributed by atoms with Gasteiger partial charge in [-0.1, -0.05) is 47.1 Å². The van der Waals surface area contributed by atoms with Crippen LogP contribution < -0.4 is 5.32 Å². The van der Waals surface area contributed by atoms with Crippen LogP contribution in [-0.4, -0.2) is 27.6 Å². The van der Waals surface area contributed by atoms with E-state index in [0.29, 0.717) is 35.3 Å². The van der Waals surface area contributed by atoms with Gasteiger partial charge in [0.25, 0.3) is 5.91 Å². The number of aryl methyl sites for hydroxylation is 1. The molecule has 2 aromatic carbocycles. The van der Waals surface area contributed by atoms with Gasteiger partial charge >= 0.3 is 0 Å². The van der Waals surface area contributed by atoms with Gasteiger partial charge in [0.1, 0.15) is 0 Å². The fourth-order valence-corrected chi connectivity index (χ4v) is 4.24. The Morgan fingerprint density at radius 2 is 1.94 bits per heavy atom. The highest BCUT2D eigenvalue weighted by atomic mass is 35.5. The fourth-order valence-electron chi connectivity index (χ4n) is 4.11. The molecule has 0 fully saturated rings. The molecule has 0 aliphatic heterocycles. The summed E-state index contributed by atoms with van der Waals surface area (Å²) in [7, 11) is 0. The van der Waals surface area contributed by atoms with E-state index >= 15 is 0 Å². The van der Waals surface area contributed by atoms with Crippen LogP contribution in [0.15, 0.2) is 53.1 Å². The Bertz CT molecular complexity index is 1340. The molecule has 4 aromatic rings. The average molecular weight is 445 g/mol. The zero-order chi connectivity index (χ0) is 22.1. The van der Waals surface area contributed by atoms with Crippen molar-refractivity contribution in [3.63, 3.8) is 0 Å². The van der Waals surface area contributed by atoms with E-state index in [0.717, 1.165) is 46.1 Å². The number of nitrogens with zero attached hydrogens (tertiary/aromatic N) is 3. The molecule has 6 nitrogen and oxygen atoms in total. The lowest BCUT2D eigenvalue weighted by atomic mass is 10.00. The van der Waals surface area contributed by atoms with Crippen molar-refractivity contribution in [3.8, 4) is 0 Å². The zero-order valence-corrected chi connectivity index (χ0v) is 18.3. The van der Waals surface area contributed by atoms with Crippen LogP contribution in [0.5, 0.6) is 0 Å². The summed E-state index contributed by atoms with van der Waals surface area (Å²) in [4.78, 5) is 22.4. The number of halogens is 1. The number of para-hydroxylation sites is 1. The van der Waals surface area contributed by atoms with Crippen molar-refractivity contribution in [1.82, 2.24) is 20.4 Å². The monoisotopic (exact) mass is 444 g/mol. The largest absolute Gasteiger partial charge is 0.351 e. The predicted molar refractivity (Wildman–Crippen MR) is 124 cm³/mol. The lowest BCUT2D eigenvalue weighted by molar-refractivity contribution is 0.0954. The number of carbonyl (C=O) groups is 1. The normalized spacial score (nSPS) is 14.1. The molecule has 0 unspecified atom stereocenters. The summed E-state index contributed by atoms with van der Waals surface area (Å²) in [6.45, 7) is 2.19. The lowest BCUT2D eigenvalue weighted by Crippen LogP contribution is -2.27. The molecule has 0 bridgehead atoms. The van der Waals surface area contributed by atoms with Gasteiger partial charge < -0.3 is 9.84 Å². The summed E-state index contributed by atoms with van der Waals surface area (Å²) >= 11 is 6.02. The molecule has 160 valence electrons. The molecule has 1 aliphatic rings. The van der Waals surface area contributed by atoms with Crippen LogP contribution in [-0.2, 0) is 12.8 Å². The van der Waals surface area contributed by atoms with E-state index in [1.165, 1.54) is 0 Å². The maximum atomic E-state index is 13.3. The van der Waals surface area contributed by atoms with Gasteiger partial charge in [0.05, 0.1) is 16.8 Å². The Labute approximate surface area is 190 Å². The Morgan fingerprint density at radius 1 is 1.12 bits per heavy atom. The maximum Gasteiger partial charge on any atom is 0.252 e. The summed E-state index contributed by atoms with van der Waals surface area (Å²) in [6, 6.07) is 15.5. The molecule has 0 saturated heterocycles. The van der Waals surface area contributed by atoms with Gasteiger partial charge in [-0.3, -0.25) is 4.79 Å². The van der Waals surface area contributed by atoms with Crippen molar-refractivity contribution in [2.45, 2.75) is 26.2 Å². The quantitative estimate of drug-likeness (QED) is 0.466. The summed E-state index contributed by atoms with van der Waals surface area (Å²) in [5.74, 6) is 0.994. The summed E-state index contributed by atoms with van der Waals surface area (Å²) in [5, 5.41) is 8.38. The highest BCUT2D eigenvalue weighted by Crippen LogP contribution is 2.37. The number of nitrogens with one attached hydrogen (secondary N) is 1. The molecule has 32 heavy (non-hydrogen) atoms. The third-order valence-corrected chi connectivity index (χ3v) is 5.83. The van der Waals surface area contributed by atoms with Crippen molar-refractivity contribution in [2.24, 2.45) is 0 Å². The van der Waals surface area contributed by atoms with E-state index in [4.69, 9.17) is 21.1 Å². The van der Waals surface area contributed by atoms with Crippen LogP contribution in [0.25, 0.3) is 22.6 Å². The number of aromatic nitrogens is 3. The van der Waals surface area contributed by atoms with Gasteiger partial charge in [-0.15, -0.1) is 0 Å². The molecule has 1 amide bonds. The van der Waals surface area contributed by atoms with Crippen molar-refractivity contribution in [2.75, 3.05) is 6.54 Å². The molecule has 2 heterocycles. The second-order valence-electron chi connectivity index (χ2n) is 7.79. The molecule has 1 aliphatic carbocycles. The van der Waals surface area contributed by atoms with Gasteiger partial charge in [0.15, 0.2) is 5.82 Å². The molecular formula is C25H21ClN4O2. The third-order valence-electron chi connectivity index (χ3n) is 5.57. The number of benzene rings is 2. The summed E-state index contributed by atoms with van der Waals surface area (Å²) < 4.78 is 5.14. The molecule has 0 saturated carbocycles. The van der Waals surface area contributed by atoms with E-state index in [9.17, 15) is 4.79 Å². The lowest BCUT2D eigenvalue weighted by Gasteiger charge is -2.12. The smallest absolute Gasteiger partial charge is 0.252 e. The Morgan fingerprint density at radius 3 is 2.72 bits per heavy atom. The number of allylic oxidation sites excluding steroid dienone is 1. The van der Waals surface area contributed by atoms with Crippen LogP contribution in [0.3, 0.4) is 0 Å². The SMILES string of the molecule is Cc1noc(CCNC(=O)c2c3c(nc4ccccc24)/C(=C\c2ccc(Cl)cc2)CC3)n1. The van der Waals surface area contributed by atoms with Crippen LogP contribution in [0, 0.1) is 6.92 Å². The van der Waals surface area contributed by atoms with Gasteiger partial charge in [-0.25, -0.2) is 4.98 Å². The van der Waals surface area contributed by atoms with Gasteiger partial charge in [-0.2, -0.15) is 4.98 Å². The maximum absolute atomic E-state index is 13.3. The summed E-state index contributed by atoms with van der Waals surface area (Å²) in [6.07, 6.45) is 4.23. The predicted octanol–water partition coefficient (Wildman–Crippen LogP) is 5.04. The Kier molecular flexibility index (Phi) is 5.45.